The first-order valence-corrected chi connectivity index (χ1v) is 7.46. The van der Waals surface area contributed by atoms with Crippen molar-refractivity contribution in [3.63, 3.8) is 0 Å². The van der Waals surface area contributed by atoms with E-state index in [4.69, 9.17) is 0 Å². The summed E-state index contributed by atoms with van der Waals surface area (Å²) in [5.74, 6) is -0.208. The minimum atomic E-state index is -0.208. The van der Waals surface area contributed by atoms with E-state index in [0.717, 1.165) is 26.6 Å². The van der Waals surface area contributed by atoms with Crippen LogP contribution >= 0.6 is 15.9 Å². The Balaban J connectivity index is 1.92. The van der Waals surface area contributed by atoms with Crippen molar-refractivity contribution in [3.8, 4) is 0 Å². The molecule has 4 heteroatoms. The predicted molar refractivity (Wildman–Crippen MR) is 87.9 cm³/mol. The highest BCUT2D eigenvalue weighted by molar-refractivity contribution is 9.10. The van der Waals surface area contributed by atoms with Crippen molar-refractivity contribution in [1.82, 2.24) is 4.98 Å². The number of rotatable bonds is 3. The number of nitrogens with one attached hydrogen (secondary N) is 1. The van der Waals surface area contributed by atoms with E-state index in [0.29, 0.717) is 12.1 Å². The molecule has 0 aliphatic carbocycles. The topological polar surface area (TPSA) is 24.9 Å². The van der Waals surface area contributed by atoms with Crippen molar-refractivity contribution in [2.45, 2.75) is 13.5 Å². The second kappa shape index (κ2) is 5.82. The third kappa shape index (κ3) is 2.90. The number of benzene rings is 2. The van der Waals surface area contributed by atoms with E-state index in [-0.39, 0.29) is 5.82 Å². The van der Waals surface area contributed by atoms with Crippen LogP contribution in [0.2, 0.25) is 0 Å². The molecule has 2 aromatic carbocycles. The van der Waals surface area contributed by atoms with Gasteiger partial charge < -0.3 is 5.32 Å². The summed E-state index contributed by atoms with van der Waals surface area (Å²) in [7, 11) is 0. The van der Waals surface area contributed by atoms with Gasteiger partial charge in [-0.25, -0.2) is 4.39 Å². The second-order valence-electron chi connectivity index (χ2n) is 4.92. The molecule has 3 aromatic rings. The van der Waals surface area contributed by atoms with Crippen LogP contribution in [0.3, 0.4) is 0 Å². The molecule has 0 fully saturated rings. The zero-order valence-electron chi connectivity index (χ0n) is 11.5. The van der Waals surface area contributed by atoms with Gasteiger partial charge in [0, 0.05) is 33.9 Å². The van der Waals surface area contributed by atoms with Crippen LogP contribution in [0.1, 0.15) is 11.1 Å². The number of anilines is 1. The predicted octanol–water partition coefficient (Wildman–Crippen LogP) is 5.06. The Kier molecular flexibility index (Phi) is 3.88. The molecule has 0 aliphatic rings. The number of hydrogen-bond donors (Lipinski definition) is 1. The maximum Gasteiger partial charge on any atom is 0.128 e. The molecular weight excluding hydrogens is 331 g/mol. The third-order valence-corrected chi connectivity index (χ3v) is 3.94. The summed E-state index contributed by atoms with van der Waals surface area (Å²) < 4.78 is 14.6. The Morgan fingerprint density at radius 2 is 2.05 bits per heavy atom. The van der Waals surface area contributed by atoms with Crippen LogP contribution in [-0.2, 0) is 6.54 Å². The molecule has 21 heavy (non-hydrogen) atoms. The van der Waals surface area contributed by atoms with Crippen LogP contribution < -0.4 is 5.32 Å². The van der Waals surface area contributed by atoms with Gasteiger partial charge in [0.1, 0.15) is 5.82 Å². The Morgan fingerprint density at radius 3 is 2.90 bits per heavy atom. The SMILES string of the molecule is Cc1ccc(NCc2cc(Br)ccc2F)c2cccnc12. The van der Waals surface area contributed by atoms with Gasteiger partial charge >= 0.3 is 0 Å². The zero-order valence-corrected chi connectivity index (χ0v) is 13.1. The summed E-state index contributed by atoms with van der Waals surface area (Å²) in [5.41, 5.74) is 3.69. The molecule has 0 atom stereocenters. The summed E-state index contributed by atoms with van der Waals surface area (Å²) in [6.45, 7) is 2.46. The van der Waals surface area contributed by atoms with Crippen molar-refractivity contribution in [3.05, 3.63) is 70.1 Å². The number of hydrogen-bond acceptors (Lipinski definition) is 2. The van der Waals surface area contributed by atoms with Crippen LogP contribution in [0.4, 0.5) is 10.1 Å². The van der Waals surface area contributed by atoms with Gasteiger partial charge in [0.2, 0.25) is 0 Å². The average molecular weight is 345 g/mol. The van der Waals surface area contributed by atoms with Gasteiger partial charge in [0.25, 0.3) is 0 Å². The number of nitrogens with zero attached hydrogens (tertiary/aromatic N) is 1. The van der Waals surface area contributed by atoms with Crippen molar-refractivity contribution in [1.29, 1.82) is 0 Å². The first-order chi connectivity index (χ1) is 10.1. The lowest BCUT2D eigenvalue weighted by Crippen LogP contribution is -2.03. The standard InChI is InChI=1S/C17H14BrFN2/c1-11-4-7-16(14-3-2-8-20-17(11)14)21-10-12-9-13(18)5-6-15(12)19/h2-9,21H,10H2,1H3. The normalized spacial score (nSPS) is 10.8. The largest absolute Gasteiger partial charge is 0.380 e. The van der Waals surface area contributed by atoms with Gasteiger partial charge in [-0.15, -0.1) is 0 Å². The molecule has 3 rings (SSSR count). The van der Waals surface area contributed by atoms with Crippen LogP contribution in [0.15, 0.2) is 53.1 Å². The Hall–Kier alpha value is -1.94. The molecule has 0 unspecified atom stereocenters. The Bertz CT molecular complexity index is 802. The van der Waals surface area contributed by atoms with Gasteiger partial charge in [0.05, 0.1) is 5.52 Å². The van der Waals surface area contributed by atoms with E-state index in [2.05, 4.69) is 26.2 Å². The van der Waals surface area contributed by atoms with E-state index in [1.54, 1.807) is 18.3 Å². The first kappa shape index (κ1) is 14.0. The van der Waals surface area contributed by atoms with Gasteiger partial charge in [0.15, 0.2) is 0 Å². The van der Waals surface area contributed by atoms with Gasteiger partial charge in [-0.1, -0.05) is 22.0 Å². The number of pyridine rings is 1. The van der Waals surface area contributed by atoms with Crippen LogP contribution in [0.5, 0.6) is 0 Å². The maximum atomic E-state index is 13.8. The first-order valence-electron chi connectivity index (χ1n) is 6.67. The summed E-state index contributed by atoms with van der Waals surface area (Å²) >= 11 is 3.37. The van der Waals surface area contributed by atoms with Crippen LogP contribution in [0, 0.1) is 12.7 Å². The molecule has 0 spiro atoms. The molecule has 0 radical (unpaired) electrons. The molecule has 0 saturated carbocycles. The monoisotopic (exact) mass is 344 g/mol. The lowest BCUT2D eigenvalue weighted by molar-refractivity contribution is 0.612. The van der Waals surface area contributed by atoms with Crippen molar-refractivity contribution < 1.29 is 4.39 Å². The highest BCUT2D eigenvalue weighted by Crippen LogP contribution is 2.25. The minimum absolute atomic E-state index is 0.208. The number of halogens is 2. The molecule has 0 aliphatic heterocycles. The summed E-state index contributed by atoms with van der Waals surface area (Å²) in [4.78, 5) is 4.41. The highest BCUT2D eigenvalue weighted by atomic mass is 79.9. The van der Waals surface area contributed by atoms with E-state index in [1.807, 2.05) is 31.2 Å². The summed E-state index contributed by atoms with van der Waals surface area (Å²) in [6.07, 6.45) is 1.78. The smallest absolute Gasteiger partial charge is 0.128 e. The van der Waals surface area contributed by atoms with Crippen molar-refractivity contribution in [2.24, 2.45) is 0 Å². The fourth-order valence-corrected chi connectivity index (χ4v) is 2.75. The van der Waals surface area contributed by atoms with Crippen molar-refractivity contribution >= 4 is 32.5 Å². The average Bonchev–Trinajstić information content (AvgIpc) is 2.50. The van der Waals surface area contributed by atoms with Gasteiger partial charge in [-0.2, -0.15) is 0 Å². The minimum Gasteiger partial charge on any atom is -0.380 e. The van der Waals surface area contributed by atoms with E-state index in [1.165, 1.54) is 6.07 Å². The third-order valence-electron chi connectivity index (χ3n) is 3.45. The second-order valence-corrected chi connectivity index (χ2v) is 5.83. The van der Waals surface area contributed by atoms with Crippen LogP contribution in [0.25, 0.3) is 10.9 Å². The van der Waals surface area contributed by atoms with Gasteiger partial charge in [-0.3, -0.25) is 4.98 Å². The lowest BCUT2D eigenvalue weighted by atomic mass is 10.1. The molecule has 0 amide bonds. The molecule has 2 nitrogen and oxygen atoms in total. The molecule has 0 bridgehead atoms. The summed E-state index contributed by atoms with van der Waals surface area (Å²) in [5, 5.41) is 4.35. The maximum absolute atomic E-state index is 13.8. The van der Waals surface area contributed by atoms with Gasteiger partial charge in [-0.05, 0) is 48.9 Å². The number of fused-ring (bicyclic) bond motifs is 1. The lowest BCUT2D eigenvalue weighted by Gasteiger charge is -2.11. The fraction of sp³-hybridized carbons (Fsp3) is 0.118. The Labute approximate surface area is 131 Å². The molecule has 1 aromatic heterocycles. The zero-order chi connectivity index (χ0) is 14.8. The summed E-state index contributed by atoms with van der Waals surface area (Å²) in [6, 6.07) is 12.9. The fourth-order valence-electron chi connectivity index (χ4n) is 2.34. The van der Waals surface area contributed by atoms with E-state index < -0.39 is 0 Å². The molecule has 106 valence electrons. The van der Waals surface area contributed by atoms with Crippen molar-refractivity contribution in [2.75, 3.05) is 5.32 Å². The highest BCUT2D eigenvalue weighted by Gasteiger charge is 2.06. The Morgan fingerprint density at radius 1 is 1.19 bits per heavy atom. The number of aryl methyl sites for hydroxylation is 1. The molecule has 1 heterocycles. The van der Waals surface area contributed by atoms with Crippen LogP contribution in [-0.4, -0.2) is 4.98 Å². The molecular formula is C17H14BrFN2. The molecule has 0 saturated heterocycles. The number of aromatic nitrogens is 1. The molecule has 1 N–H and O–H groups in total. The quantitative estimate of drug-likeness (QED) is 0.718. The van der Waals surface area contributed by atoms with E-state index >= 15 is 0 Å². The van der Waals surface area contributed by atoms with E-state index in [9.17, 15) is 4.39 Å².